The second kappa shape index (κ2) is 10.1. The summed E-state index contributed by atoms with van der Waals surface area (Å²) in [4.78, 5) is 0. The van der Waals surface area contributed by atoms with Crippen LogP contribution in [0.4, 0.5) is 5.69 Å². The molecule has 5 aromatic rings. The predicted molar refractivity (Wildman–Crippen MR) is 157 cm³/mol. The Labute approximate surface area is 214 Å². The number of rotatable bonds is 5. The van der Waals surface area contributed by atoms with E-state index in [0.717, 1.165) is 16.8 Å². The molecule has 5 aromatic carbocycles. The normalized spacial score (nSPS) is 11.5. The van der Waals surface area contributed by atoms with Crippen LogP contribution in [-0.2, 0) is 0 Å². The Kier molecular flexibility index (Phi) is 6.56. The number of benzene rings is 5. The largest absolute Gasteiger partial charge is 0.398 e. The first-order valence-corrected chi connectivity index (χ1v) is 12.4. The first-order chi connectivity index (χ1) is 17.5. The average molecular weight is 466 g/mol. The van der Waals surface area contributed by atoms with Gasteiger partial charge in [-0.15, -0.1) is 0 Å². The Balaban J connectivity index is 1.42. The van der Waals surface area contributed by atoms with Crippen LogP contribution in [0.5, 0.6) is 0 Å². The summed E-state index contributed by atoms with van der Waals surface area (Å²) in [5.74, 6) is 0. The summed E-state index contributed by atoms with van der Waals surface area (Å²) < 4.78 is 0. The molecule has 0 heterocycles. The lowest BCUT2D eigenvalue weighted by atomic mass is 9.91. The molecule has 2 N–H and O–H groups in total. The standard InChI is InChI=1S/C35H31N/c1-24-12-14-28(15-13-24)30-20-21-31(35(36)23-30)22-26(3)27-16-18-29(19-17-27)33-10-6-7-11-34(33)32-9-5-4-8-25(32)2/h4-23H,36H2,1-3H3/b26-22+. The van der Waals surface area contributed by atoms with E-state index in [0.29, 0.717) is 0 Å². The van der Waals surface area contributed by atoms with Crippen LogP contribution in [-0.4, -0.2) is 0 Å². The maximum absolute atomic E-state index is 6.45. The number of hydrogen-bond acceptors (Lipinski definition) is 1. The van der Waals surface area contributed by atoms with Gasteiger partial charge >= 0.3 is 0 Å². The molecule has 0 fully saturated rings. The van der Waals surface area contributed by atoms with Crippen molar-refractivity contribution in [1.29, 1.82) is 0 Å². The minimum absolute atomic E-state index is 0.788. The Bertz CT molecular complexity index is 1540. The van der Waals surface area contributed by atoms with Crippen molar-refractivity contribution in [3.63, 3.8) is 0 Å². The summed E-state index contributed by atoms with van der Waals surface area (Å²) in [7, 11) is 0. The quantitative estimate of drug-likeness (QED) is 0.203. The van der Waals surface area contributed by atoms with Crippen molar-refractivity contribution >= 4 is 17.3 Å². The third kappa shape index (κ3) is 4.87. The number of hydrogen-bond donors (Lipinski definition) is 1. The van der Waals surface area contributed by atoms with E-state index in [9.17, 15) is 0 Å². The number of aryl methyl sites for hydroxylation is 2. The average Bonchev–Trinajstić information content (AvgIpc) is 2.91. The highest BCUT2D eigenvalue weighted by atomic mass is 14.6. The maximum atomic E-state index is 6.45. The molecule has 1 nitrogen and oxygen atoms in total. The van der Waals surface area contributed by atoms with Crippen LogP contribution < -0.4 is 5.73 Å². The first kappa shape index (κ1) is 23.4. The molecule has 0 aromatic heterocycles. The molecule has 0 aliphatic rings. The van der Waals surface area contributed by atoms with Crippen LogP contribution in [0, 0.1) is 13.8 Å². The highest BCUT2D eigenvalue weighted by Gasteiger charge is 2.09. The van der Waals surface area contributed by atoms with Gasteiger partial charge in [0.2, 0.25) is 0 Å². The van der Waals surface area contributed by atoms with E-state index in [2.05, 4.69) is 142 Å². The second-order valence-corrected chi connectivity index (χ2v) is 9.47. The van der Waals surface area contributed by atoms with Crippen LogP contribution in [0.1, 0.15) is 29.2 Å². The molecule has 1 heteroatoms. The molecule has 0 radical (unpaired) electrons. The van der Waals surface area contributed by atoms with Gasteiger partial charge in [-0.2, -0.15) is 0 Å². The number of anilines is 1. The fourth-order valence-electron chi connectivity index (χ4n) is 4.71. The van der Waals surface area contributed by atoms with E-state index < -0.39 is 0 Å². The topological polar surface area (TPSA) is 26.0 Å². The summed E-state index contributed by atoms with van der Waals surface area (Å²) in [6.07, 6.45) is 2.17. The smallest absolute Gasteiger partial charge is 0.0393 e. The van der Waals surface area contributed by atoms with Gasteiger partial charge in [-0.1, -0.05) is 115 Å². The van der Waals surface area contributed by atoms with E-state index in [1.165, 1.54) is 50.1 Å². The summed E-state index contributed by atoms with van der Waals surface area (Å²) in [5.41, 5.74) is 20.5. The molecular weight excluding hydrogens is 434 g/mol. The molecule has 0 unspecified atom stereocenters. The van der Waals surface area contributed by atoms with Gasteiger partial charge in [-0.3, -0.25) is 0 Å². The monoisotopic (exact) mass is 465 g/mol. The summed E-state index contributed by atoms with van der Waals surface area (Å²) in [5, 5.41) is 0. The summed E-state index contributed by atoms with van der Waals surface area (Å²) in [6, 6.07) is 40.9. The zero-order chi connectivity index (χ0) is 25.1. The highest BCUT2D eigenvalue weighted by molar-refractivity contribution is 5.88. The Hall–Kier alpha value is -4.36. The van der Waals surface area contributed by atoms with Crippen molar-refractivity contribution in [2.45, 2.75) is 20.8 Å². The first-order valence-electron chi connectivity index (χ1n) is 12.4. The second-order valence-electron chi connectivity index (χ2n) is 9.47. The molecule has 0 saturated heterocycles. The molecule has 0 amide bonds. The van der Waals surface area contributed by atoms with Crippen LogP contribution in [0.2, 0.25) is 0 Å². The third-order valence-electron chi connectivity index (χ3n) is 6.86. The molecule has 0 saturated carbocycles. The van der Waals surface area contributed by atoms with Crippen molar-refractivity contribution < 1.29 is 0 Å². The lowest BCUT2D eigenvalue weighted by Gasteiger charge is -2.13. The summed E-state index contributed by atoms with van der Waals surface area (Å²) >= 11 is 0. The fourth-order valence-corrected chi connectivity index (χ4v) is 4.71. The summed E-state index contributed by atoms with van der Waals surface area (Å²) in [6.45, 7) is 6.41. The van der Waals surface area contributed by atoms with Crippen LogP contribution in [0.15, 0.2) is 115 Å². The van der Waals surface area contributed by atoms with Gasteiger partial charge in [-0.05, 0) is 88.6 Å². The van der Waals surface area contributed by atoms with Crippen molar-refractivity contribution in [3.8, 4) is 33.4 Å². The van der Waals surface area contributed by atoms with E-state index in [1.807, 2.05) is 0 Å². The van der Waals surface area contributed by atoms with Gasteiger partial charge in [0.25, 0.3) is 0 Å². The molecular formula is C35H31N. The Morgan fingerprint density at radius 3 is 1.83 bits per heavy atom. The molecule has 5 rings (SSSR count). The van der Waals surface area contributed by atoms with Gasteiger partial charge in [0.1, 0.15) is 0 Å². The van der Waals surface area contributed by atoms with Gasteiger partial charge in [0.15, 0.2) is 0 Å². The molecule has 0 aliphatic carbocycles. The molecule has 176 valence electrons. The van der Waals surface area contributed by atoms with Crippen LogP contribution >= 0.6 is 0 Å². The number of nitrogen functional groups attached to an aromatic ring is 1. The maximum Gasteiger partial charge on any atom is 0.0393 e. The predicted octanol–water partition coefficient (Wildman–Crippen LogP) is 9.45. The number of nitrogens with two attached hydrogens (primary N) is 1. The van der Waals surface area contributed by atoms with E-state index >= 15 is 0 Å². The minimum atomic E-state index is 0.788. The Morgan fingerprint density at radius 2 is 1.17 bits per heavy atom. The van der Waals surface area contributed by atoms with Crippen molar-refractivity contribution in [2.24, 2.45) is 0 Å². The molecule has 0 atom stereocenters. The van der Waals surface area contributed by atoms with Crippen molar-refractivity contribution in [3.05, 3.63) is 138 Å². The Morgan fingerprint density at radius 1 is 0.583 bits per heavy atom. The lowest BCUT2D eigenvalue weighted by Crippen LogP contribution is -1.91. The van der Waals surface area contributed by atoms with Gasteiger partial charge in [-0.25, -0.2) is 0 Å². The van der Waals surface area contributed by atoms with Crippen LogP contribution in [0.3, 0.4) is 0 Å². The van der Waals surface area contributed by atoms with E-state index in [1.54, 1.807) is 0 Å². The molecule has 36 heavy (non-hydrogen) atoms. The van der Waals surface area contributed by atoms with Gasteiger partial charge in [0.05, 0.1) is 0 Å². The SMILES string of the molecule is C/C(=C\c1ccc(-c2ccc(C)cc2)cc1N)c1ccc(-c2ccccc2-c2ccccc2C)cc1. The third-order valence-corrected chi connectivity index (χ3v) is 6.86. The van der Waals surface area contributed by atoms with Crippen molar-refractivity contribution in [2.75, 3.05) is 5.73 Å². The lowest BCUT2D eigenvalue weighted by molar-refractivity contribution is 1.45. The van der Waals surface area contributed by atoms with Gasteiger partial charge in [0, 0.05) is 5.69 Å². The molecule has 0 bridgehead atoms. The molecule has 0 aliphatic heterocycles. The van der Waals surface area contributed by atoms with Gasteiger partial charge < -0.3 is 5.73 Å². The zero-order valence-corrected chi connectivity index (χ0v) is 21.1. The molecule has 0 spiro atoms. The zero-order valence-electron chi connectivity index (χ0n) is 21.1. The van der Waals surface area contributed by atoms with Crippen LogP contribution in [0.25, 0.3) is 45.0 Å². The van der Waals surface area contributed by atoms with E-state index in [4.69, 9.17) is 5.73 Å². The minimum Gasteiger partial charge on any atom is -0.398 e. The number of allylic oxidation sites excluding steroid dienone is 1. The highest BCUT2D eigenvalue weighted by Crippen LogP contribution is 2.34. The van der Waals surface area contributed by atoms with Crippen molar-refractivity contribution in [1.82, 2.24) is 0 Å². The fraction of sp³-hybridized carbons (Fsp3) is 0.0857. The van der Waals surface area contributed by atoms with E-state index in [-0.39, 0.29) is 0 Å².